The third-order valence-corrected chi connectivity index (χ3v) is 4.33. The zero-order chi connectivity index (χ0) is 15.1. The molecule has 1 N–H and O–H groups in total. The Bertz CT molecular complexity index is 584. The molecule has 6 heteroatoms. The average Bonchev–Trinajstić information content (AvgIpc) is 3.03. The molecular formula is C15H15F2NO3. The number of hydrogen-bond donors (Lipinski definition) is 1. The highest BCUT2D eigenvalue weighted by Gasteiger charge is 2.49. The van der Waals surface area contributed by atoms with Crippen LogP contribution in [0.3, 0.4) is 0 Å². The van der Waals surface area contributed by atoms with Crippen LogP contribution in [0.2, 0.25) is 0 Å². The van der Waals surface area contributed by atoms with Crippen LogP contribution in [-0.2, 0) is 9.59 Å². The normalized spacial score (nSPS) is 27.7. The van der Waals surface area contributed by atoms with E-state index in [1.54, 1.807) is 0 Å². The molecule has 1 aliphatic carbocycles. The summed E-state index contributed by atoms with van der Waals surface area (Å²) in [7, 11) is 0. The van der Waals surface area contributed by atoms with Crippen molar-refractivity contribution in [3.63, 3.8) is 0 Å². The number of rotatable bonds is 3. The summed E-state index contributed by atoms with van der Waals surface area (Å²) in [5, 5.41) is 8.93. The minimum Gasteiger partial charge on any atom is -0.481 e. The fraction of sp³-hybridized carbons (Fsp3) is 0.467. The lowest BCUT2D eigenvalue weighted by Crippen LogP contribution is -2.31. The van der Waals surface area contributed by atoms with Gasteiger partial charge in [-0.2, -0.15) is 0 Å². The summed E-state index contributed by atoms with van der Waals surface area (Å²) in [4.78, 5) is 24.7. The van der Waals surface area contributed by atoms with Crippen LogP contribution >= 0.6 is 0 Å². The summed E-state index contributed by atoms with van der Waals surface area (Å²) in [6.07, 6.45) is 0.859. The summed E-state index contributed by atoms with van der Waals surface area (Å²) in [6.45, 7) is 0.593. The van der Waals surface area contributed by atoms with Crippen molar-refractivity contribution in [2.45, 2.75) is 18.8 Å². The molecule has 112 valence electrons. The molecule has 1 saturated carbocycles. The van der Waals surface area contributed by atoms with Crippen LogP contribution in [0.25, 0.3) is 0 Å². The van der Waals surface area contributed by atoms with Crippen LogP contribution < -0.4 is 0 Å². The minimum absolute atomic E-state index is 0.0233. The van der Waals surface area contributed by atoms with E-state index in [4.69, 9.17) is 5.11 Å². The second kappa shape index (κ2) is 5.09. The van der Waals surface area contributed by atoms with Crippen molar-refractivity contribution in [3.8, 4) is 0 Å². The maximum atomic E-state index is 13.7. The monoisotopic (exact) mass is 295 g/mol. The smallest absolute Gasteiger partial charge is 0.308 e. The quantitative estimate of drug-likeness (QED) is 0.928. The van der Waals surface area contributed by atoms with E-state index in [-0.39, 0.29) is 18.0 Å². The summed E-state index contributed by atoms with van der Waals surface area (Å²) >= 11 is 0. The Labute approximate surface area is 120 Å². The summed E-state index contributed by atoms with van der Waals surface area (Å²) < 4.78 is 27.4. The van der Waals surface area contributed by atoms with Gasteiger partial charge in [0.05, 0.1) is 5.92 Å². The lowest BCUT2D eigenvalue weighted by molar-refractivity contribution is -0.141. The van der Waals surface area contributed by atoms with E-state index in [2.05, 4.69) is 0 Å². The number of amides is 1. The van der Waals surface area contributed by atoms with Gasteiger partial charge in [-0.3, -0.25) is 9.59 Å². The molecule has 0 aromatic heterocycles. The van der Waals surface area contributed by atoms with Crippen molar-refractivity contribution in [2.24, 2.45) is 11.8 Å². The number of carboxylic acid groups (broad SMARTS) is 1. The average molecular weight is 295 g/mol. The lowest BCUT2D eigenvalue weighted by Gasteiger charge is -2.16. The van der Waals surface area contributed by atoms with E-state index in [1.807, 2.05) is 0 Å². The molecule has 0 spiro atoms. The maximum absolute atomic E-state index is 13.7. The van der Waals surface area contributed by atoms with Crippen molar-refractivity contribution in [1.29, 1.82) is 0 Å². The number of halogens is 2. The van der Waals surface area contributed by atoms with Gasteiger partial charge >= 0.3 is 5.97 Å². The van der Waals surface area contributed by atoms with Crippen LogP contribution in [0, 0.1) is 23.5 Å². The highest BCUT2D eigenvalue weighted by Crippen LogP contribution is 2.50. The van der Waals surface area contributed by atoms with Crippen LogP contribution in [0.4, 0.5) is 8.78 Å². The molecule has 3 atom stereocenters. The van der Waals surface area contributed by atoms with Crippen LogP contribution in [0.5, 0.6) is 0 Å². The minimum atomic E-state index is -0.905. The van der Waals surface area contributed by atoms with Gasteiger partial charge in [-0.25, -0.2) is 8.78 Å². The number of carboxylic acids is 1. The second-order valence-corrected chi connectivity index (χ2v) is 5.69. The molecule has 4 nitrogen and oxygen atoms in total. The van der Waals surface area contributed by atoms with E-state index < -0.39 is 35.4 Å². The Morgan fingerprint density at radius 3 is 2.48 bits per heavy atom. The summed E-state index contributed by atoms with van der Waals surface area (Å²) in [5.41, 5.74) is -0.0233. The van der Waals surface area contributed by atoms with Crippen molar-refractivity contribution in [3.05, 3.63) is 35.4 Å². The molecular weight excluding hydrogens is 280 g/mol. The van der Waals surface area contributed by atoms with E-state index in [9.17, 15) is 18.4 Å². The second-order valence-electron chi connectivity index (χ2n) is 5.69. The highest BCUT2D eigenvalue weighted by atomic mass is 19.1. The number of nitrogens with zero attached hydrogens (tertiary/aromatic N) is 1. The molecule has 3 rings (SSSR count). The largest absolute Gasteiger partial charge is 0.481 e. The van der Waals surface area contributed by atoms with Crippen molar-refractivity contribution >= 4 is 11.9 Å². The molecule has 2 aliphatic rings. The number of carbonyl (C=O) groups excluding carboxylic acids is 1. The number of carbonyl (C=O) groups is 2. The molecule has 1 heterocycles. The van der Waals surface area contributed by atoms with Gasteiger partial charge in [0.1, 0.15) is 11.6 Å². The van der Waals surface area contributed by atoms with Crippen LogP contribution in [-0.4, -0.2) is 35.0 Å². The third kappa shape index (κ3) is 2.50. The molecule has 2 fully saturated rings. The first-order valence-electron chi connectivity index (χ1n) is 6.94. The summed E-state index contributed by atoms with van der Waals surface area (Å²) in [6, 6.07) is 3.68. The number of likely N-dealkylation sites (tertiary alicyclic amines) is 1. The first kappa shape index (κ1) is 14.0. The van der Waals surface area contributed by atoms with E-state index >= 15 is 0 Å². The third-order valence-electron chi connectivity index (χ3n) is 4.33. The first-order chi connectivity index (χ1) is 9.99. The topological polar surface area (TPSA) is 57.6 Å². The molecule has 0 radical (unpaired) electrons. The van der Waals surface area contributed by atoms with Crippen molar-refractivity contribution in [2.75, 3.05) is 13.1 Å². The molecule has 1 saturated heterocycles. The molecule has 1 aliphatic heterocycles. The van der Waals surface area contributed by atoms with Gasteiger partial charge in [-0.15, -0.1) is 0 Å². The Balaban J connectivity index is 1.68. The van der Waals surface area contributed by atoms with Gasteiger partial charge in [0.25, 0.3) is 0 Å². The fourth-order valence-electron chi connectivity index (χ4n) is 3.05. The highest BCUT2D eigenvalue weighted by molar-refractivity contribution is 5.84. The Hall–Kier alpha value is -1.98. The Kier molecular flexibility index (Phi) is 3.39. The summed E-state index contributed by atoms with van der Waals surface area (Å²) in [5.74, 6) is -3.73. The SMILES string of the molecule is O=C(O)[C@@H]1CCN(C(=O)[C@H]2C[C@H]2c2c(F)cccc2F)C1. The number of aliphatic carboxylic acids is 1. The fourth-order valence-corrected chi connectivity index (χ4v) is 3.05. The molecule has 1 aromatic rings. The number of benzene rings is 1. The predicted octanol–water partition coefficient (Wildman–Crippen LogP) is 2.00. The molecule has 0 unspecified atom stereocenters. The molecule has 0 bridgehead atoms. The molecule has 21 heavy (non-hydrogen) atoms. The molecule has 1 aromatic carbocycles. The Morgan fingerprint density at radius 2 is 1.90 bits per heavy atom. The van der Waals surface area contributed by atoms with Gasteiger partial charge in [0, 0.05) is 30.5 Å². The van der Waals surface area contributed by atoms with Gasteiger partial charge in [-0.1, -0.05) is 6.07 Å². The van der Waals surface area contributed by atoms with E-state index in [0.29, 0.717) is 19.4 Å². The van der Waals surface area contributed by atoms with Gasteiger partial charge in [-0.05, 0) is 25.0 Å². The van der Waals surface area contributed by atoms with Crippen molar-refractivity contribution < 1.29 is 23.5 Å². The van der Waals surface area contributed by atoms with Gasteiger partial charge < -0.3 is 10.0 Å². The zero-order valence-corrected chi connectivity index (χ0v) is 11.3. The maximum Gasteiger partial charge on any atom is 0.308 e. The number of hydrogen-bond acceptors (Lipinski definition) is 2. The first-order valence-corrected chi connectivity index (χ1v) is 6.94. The van der Waals surface area contributed by atoms with Crippen LogP contribution in [0.15, 0.2) is 18.2 Å². The standard InChI is InChI=1S/C15H15F2NO3/c16-11-2-1-3-12(17)13(11)9-6-10(9)14(19)18-5-4-8(7-18)15(20)21/h1-3,8-10H,4-7H2,(H,20,21)/t8-,9-,10+/m1/s1. The van der Waals surface area contributed by atoms with Crippen molar-refractivity contribution in [1.82, 2.24) is 4.90 Å². The molecule has 1 amide bonds. The van der Waals surface area contributed by atoms with Crippen LogP contribution in [0.1, 0.15) is 24.3 Å². The van der Waals surface area contributed by atoms with Gasteiger partial charge in [0.2, 0.25) is 5.91 Å². The van der Waals surface area contributed by atoms with Gasteiger partial charge in [0.15, 0.2) is 0 Å². The predicted molar refractivity (Wildman–Crippen MR) is 69.5 cm³/mol. The zero-order valence-electron chi connectivity index (χ0n) is 11.3. The lowest BCUT2D eigenvalue weighted by atomic mass is 10.1. The Morgan fingerprint density at radius 1 is 1.24 bits per heavy atom. The van der Waals surface area contributed by atoms with E-state index in [1.165, 1.54) is 23.1 Å². The van der Waals surface area contributed by atoms with E-state index in [0.717, 1.165) is 0 Å².